The van der Waals surface area contributed by atoms with Gasteiger partial charge in [0.2, 0.25) is 0 Å². The molecule has 0 saturated heterocycles. The fourth-order valence-corrected chi connectivity index (χ4v) is 2.25. The Morgan fingerprint density at radius 1 is 1.40 bits per heavy atom. The second-order valence-corrected chi connectivity index (χ2v) is 4.95. The number of aliphatic hydroxyl groups is 1. The van der Waals surface area contributed by atoms with Crippen molar-refractivity contribution in [1.29, 1.82) is 0 Å². The largest absolute Gasteiger partial charge is 0.396 e. The number of amides is 2. The molecule has 2 atom stereocenters. The lowest BCUT2D eigenvalue weighted by atomic mass is 10.1. The quantitative estimate of drug-likeness (QED) is 0.717. The van der Waals surface area contributed by atoms with Crippen LogP contribution < -0.4 is 10.6 Å². The van der Waals surface area contributed by atoms with Crippen LogP contribution in [0.25, 0.3) is 0 Å². The normalized spacial score (nSPS) is 20.9. The molecule has 2 rings (SSSR count). The minimum absolute atomic E-state index is 0.0266. The second kappa shape index (κ2) is 7.05. The summed E-state index contributed by atoms with van der Waals surface area (Å²) in [6.07, 6.45) is 5.13. The van der Waals surface area contributed by atoms with Crippen molar-refractivity contribution in [1.82, 2.24) is 10.6 Å². The van der Waals surface area contributed by atoms with Gasteiger partial charge in [-0.25, -0.2) is 9.18 Å². The van der Waals surface area contributed by atoms with Crippen molar-refractivity contribution >= 4 is 6.03 Å². The van der Waals surface area contributed by atoms with Crippen molar-refractivity contribution in [3.8, 4) is 0 Å². The van der Waals surface area contributed by atoms with Crippen molar-refractivity contribution in [2.45, 2.75) is 18.9 Å². The number of hydrogen-bond acceptors (Lipinski definition) is 2. The average molecular weight is 278 g/mol. The Balaban J connectivity index is 1.67. The average Bonchev–Trinajstić information content (AvgIpc) is 2.86. The molecule has 0 bridgehead atoms. The number of benzene rings is 1. The molecule has 2 amide bonds. The van der Waals surface area contributed by atoms with Gasteiger partial charge in [0, 0.05) is 25.1 Å². The Bertz CT molecular complexity index is 491. The first-order chi connectivity index (χ1) is 9.67. The SMILES string of the molecule is O=C(NCCc1cccc(F)c1)N[C@@H]1C=C[C@H](CO)C1. The van der Waals surface area contributed by atoms with E-state index in [4.69, 9.17) is 5.11 Å². The van der Waals surface area contributed by atoms with E-state index in [1.54, 1.807) is 6.07 Å². The lowest BCUT2D eigenvalue weighted by Crippen LogP contribution is -2.41. The van der Waals surface area contributed by atoms with Crippen LogP contribution in [-0.2, 0) is 6.42 Å². The minimum Gasteiger partial charge on any atom is -0.396 e. The summed E-state index contributed by atoms with van der Waals surface area (Å²) in [7, 11) is 0. The van der Waals surface area contributed by atoms with E-state index in [1.165, 1.54) is 12.1 Å². The maximum Gasteiger partial charge on any atom is 0.315 e. The number of carbonyl (C=O) groups excluding carboxylic acids is 1. The van der Waals surface area contributed by atoms with Gasteiger partial charge in [0.1, 0.15) is 5.82 Å². The standard InChI is InChI=1S/C15H19FN2O2/c16-13-3-1-2-11(8-13)6-7-17-15(20)18-14-5-4-12(9-14)10-19/h1-5,8,12,14,19H,6-7,9-10H2,(H2,17,18,20)/t12-,14+/m0/s1. The van der Waals surface area contributed by atoms with Gasteiger partial charge >= 0.3 is 6.03 Å². The first-order valence-electron chi connectivity index (χ1n) is 6.75. The van der Waals surface area contributed by atoms with Crippen LogP contribution in [0.2, 0.25) is 0 Å². The van der Waals surface area contributed by atoms with Crippen LogP contribution in [0.5, 0.6) is 0 Å². The van der Waals surface area contributed by atoms with Crippen LogP contribution in [0, 0.1) is 11.7 Å². The number of halogens is 1. The molecule has 108 valence electrons. The lowest BCUT2D eigenvalue weighted by Gasteiger charge is -2.13. The number of rotatable bonds is 5. The second-order valence-electron chi connectivity index (χ2n) is 4.95. The van der Waals surface area contributed by atoms with Gasteiger partial charge in [0.25, 0.3) is 0 Å². The highest BCUT2D eigenvalue weighted by molar-refractivity contribution is 5.74. The number of hydrogen-bond donors (Lipinski definition) is 3. The molecular weight excluding hydrogens is 259 g/mol. The van der Waals surface area contributed by atoms with Crippen molar-refractivity contribution < 1.29 is 14.3 Å². The molecule has 0 spiro atoms. The summed E-state index contributed by atoms with van der Waals surface area (Å²) in [6, 6.07) is 6.08. The molecule has 0 aliphatic heterocycles. The van der Waals surface area contributed by atoms with Gasteiger partial charge in [0.05, 0.1) is 0 Å². The first kappa shape index (κ1) is 14.5. The Morgan fingerprint density at radius 3 is 2.95 bits per heavy atom. The molecule has 0 fully saturated rings. The van der Waals surface area contributed by atoms with E-state index >= 15 is 0 Å². The van der Waals surface area contributed by atoms with Gasteiger partial charge in [-0.15, -0.1) is 0 Å². The molecule has 5 heteroatoms. The molecule has 1 aromatic carbocycles. The summed E-state index contributed by atoms with van der Waals surface area (Å²) in [5.74, 6) is -0.134. The van der Waals surface area contributed by atoms with Gasteiger partial charge in [-0.05, 0) is 30.5 Å². The minimum atomic E-state index is -0.266. The fraction of sp³-hybridized carbons (Fsp3) is 0.400. The Hall–Kier alpha value is -1.88. The molecule has 4 nitrogen and oxygen atoms in total. The van der Waals surface area contributed by atoms with Crippen molar-refractivity contribution in [2.75, 3.05) is 13.2 Å². The first-order valence-corrected chi connectivity index (χ1v) is 6.75. The fourth-order valence-electron chi connectivity index (χ4n) is 2.25. The molecule has 0 heterocycles. The number of urea groups is 1. The zero-order valence-electron chi connectivity index (χ0n) is 11.2. The third-order valence-electron chi connectivity index (χ3n) is 3.31. The van der Waals surface area contributed by atoms with Crippen molar-refractivity contribution in [3.63, 3.8) is 0 Å². The summed E-state index contributed by atoms with van der Waals surface area (Å²) in [5.41, 5.74) is 0.853. The summed E-state index contributed by atoms with van der Waals surface area (Å²) >= 11 is 0. The molecule has 0 saturated carbocycles. The topological polar surface area (TPSA) is 61.4 Å². The molecule has 1 aromatic rings. The highest BCUT2D eigenvalue weighted by atomic mass is 19.1. The van der Waals surface area contributed by atoms with E-state index in [2.05, 4.69) is 10.6 Å². The van der Waals surface area contributed by atoms with Gasteiger partial charge < -0.3 is 15.7 Å². The molecular formula is C15H19FN2O2. The number of carbonyl (C=O) groups is 1. The molecule has 1 aliphatic rings. The van der Waals surface area contributed by atoms with Crippen molar-refractivity contribution in [3.05, 3.63) is 47.8 Å². The summed E-state index contributed by atoms with van der Waals surface area (Å²) < 4.78 is 13.0. The van der Waals surface area contributed by atoms with E-state index in [0.29, 0.717) is 13.0 Å². The summed E-state index contributed by atoms with van der Waals surface area (Å²) in [4.78, 5) is 11.7. The number of nitrogens with one attached hydrogen (secondary N) is 2. The highest BCUT2D eigenvalue weighted by Gasteiger charge is 2.19. The Morgan fingerprint density at radius 2 is 2.25 bits per heavy atom. The Kier molecular flexibility index (Phi) is 5.12. The van der Waals surface area contributed by atoms with Gasteiger partial charge in [-0.1, -0.05) is 24.3 Å². The van der Waals surface area contributed by atoms with Crippen LogP contribution >= 0.6 is 0 Å². The van der Waals surface area contributed by atoms with Crippen molar-refractivity contribution in [2.24, 2.45) is 5.92 Å². The van der Waals surface area contributed by atoms with Gasteiger partial charge in [-0.3, -0.25) is 0 Å². The predicted molar refractivity (Wildman–Crippen MR) is 74.8 cm³/mol. The van der Waals surface area contributed by atoms with Crippen LogP contribution in [0.15, 0.2) is 36.4 Å². The Labute approximate surface area is 117 Å². The maximum atomic E-state index is 13.0. The van der Waals surface area contributed by atoms with E-state index in [1.807, 2.05) is 18.2 Å². The molecule has 3 N–H and O–H groups in total. The maximum absolute atomic E-state index is 13.0. The molecule has 1 aliphatic carbocycles. The highest BCUT2D eigenvalue weighted by Crippen LogP contribution is 2.16. The van der Waals surface area contributed by atoms with E-state index in [0.717, 1.165) is 12.0 Å². The zero-order valence-corrected chi connectivity index (χ0v) is 11.2. The van der Waals surface area contributed by atoms with Crippen LogP contribution in [0.3, 0.4) is 0 Å². The van der Waals surface area contributed by atoms with Crippen LogP contribution in [0.1, 0.15) is 12.0 Å². The molecule has 20 heavy (non-hydrogen) atoms. The van der Waals surface area contributed by atoms with E-state index < -0.39 is 0 Å². The molecule has 0 unspecified atom stereocenters. The third kappa shape index (κ3) is 4.35. The number of aliphatic hydroxyl groups excluding tert-OH is 1. The van der Waals surface area contributed by atoms with Gasteiger partial charge in [-0.2, -0.15) is 0 Å². The van der Waals surface area contributed by atoms with Gasteiger partial charge in [0.15, 0.2) is 0 Å². The van der Waals surface area contributed by atoms with Crippen LogP contribution in [-0.4, -0.2) is 30.3 Å². The monoisotopic (exact) mass is 278 g/mol. The molecule has 0 aromatic heterocycles. The lowest BCUT2D eigenvalue weighted by molar-refractivity contribution is 0.231. The predicted octanol–water partition coefficient (Wildman–Crippen LogP) is 1.60. The summed E-state index contributed by atoms with van der Waals surface area (Å²) in [6.45, 7) is 0.561. The van der Waals surface area contributed by atoms with E-state index in [-0.39, 0.29) is 30.4 Å². The van der Waals surface area contributed by atoms with E-state index in [9.17, 15) is 9.18 Å². The van der Waals surface area contributed by atoms with Crippen LogP contribution in [0.4, 0.5) is 9.18 Å². The summed E-state index contributed by atoms with van der Waals surface area (Å²) in [5, 5.41) is 14.6. The smallest absolute Gasteiger partial charge is 0.315 e. The molecule has 0 radical (unpaired) electrons. The zero-order chi connectivity index (χ0) is 14.4. The third-order valence-corrected chi connectivity index (χ3v) is 3.31.